The Kier molecular flexibility index (Phi) is 5.08. The van der Waals surface area contributed by atoms with Crippen molar-refractivity contribution in [1.29, 1.82) is 0 Å². The van der Waals surface area contributed by atoms with E-state index in [-0.39, 0.29) is 11.2 Å². The molecule has 1 amide bonds. The molecule has 0 saturated carbocycles. The fourth-order valence-corrected chi connectivity index (χ4v) is 3.09. The van der Waals surface area contributed by atoms with Crippen LogP contribution < -0.4 is 11.2 Å². The molecule has 1 atom stereocenters. The van der Waals surface area contributed by atoms with Gasteiger partial charge in [-0.25, -0.2) is 4.68 Å². The molecule has 0 fully saturated rings. The summed E-state index contributed by atoms with van der Waals surface area (Å²) in [7, 11) is 0. The molecule has 0 saturated heterocycles. The van der Waals surface area contributed by atoms with Crippen LogP contribution in [0.1, 0.15) is 18.2 Å². The van der Waals surface area contributed by atoms with E-state index < -0.39 is 0 Å². The van der Waals surface area contributed by atoms with Gasteiger partial charge in [0.2, 0.25) is 11.1 Å². The fraction of sp³-hybridized carbons (Fsp3) is 0.235. The van der Waals surface area contributed by atoms with Crippen LogP contribution in [0, 0.1) is 6.92 Å². The van der Waals surface area contributed by atoms with Crippen LogP contribution in [0.25, 0.3) is 11.4 Å². The number of carbonyl (C=O) groups excluding carboxylic acids is 1. The second-order valence-electron chi connectivity index (χ2n) is 5.53. The van der Waals surface area contributed by atoms with Crippen LogP contribution in [-0.2, 0) is 11.3 Å². The van der Waals surface area contributed by atoms with Gasteiger partial charge in [-0.2, -0.15) is 0 Å². The minimum absolute atomic E-state index is 0.0853. The first-order valence-electron chi connectivity index (χ1n) is 7.79. The van der Waals surface area contributed by atoms with E-state index in [2.05, 4.69) is 15.5 Å². The van der Waals surface area contributed by atoms with Crippen LogP contribution in [0.2, 0.25) is 0 Å². The standard InChI is InChI=1S/C17H19N5O2S/c1-11-14(8-9-24-11)15-20-21-17(22(15)18)25-12(2)16(23)19-10-13-6-4-3-5-7-13/h3-9,12H,10,18H2,1-2H3,(H,19,23). The van der Waals surface area contributed by atoms with Gasteiger partial charge in [-0.1, -0.05) is 42.1 Å². The highest BCUT2D eigenvalue weighted by molar-refractivity contribution is 8.00. The summed E-state index contributed by atoms with van der Waals surface area (Å²) in [5, 5.41) is 11.2. The number of aromatic nitrogens is 3. The summed E-state index contributed by atoms with van der Waals surface area (Å²) in [6.07, 6.45) is 1.58. The Morgan fingerprint density at radius 2 is 2.08 bits per heavy atom. The lowest BCUT2D eigenvalue weighted by molar-refractivity contribution is -0.120. The second kappa shape index (κ2) is 7.43. The van der Waals surface area contributed by atoms with Gasteiger partial charge in [0.05, 0.1) is 17.1 Å². The van der Waals surface area contributed by atoms with E-state index in [1.807, 2.05) is 44.2 Å². The van der Waals surface area contributed by atoms with E-state index in [0.29, 0.717) is 23.3 Å². The molecule has 1 unspecified atom stereocenters. The molecule has 2 aromatic heterocycles. The first-order valence-corrected chi connectivity index (χ1v) is 8.67. The summed E-state index contributed by atoms with van der Waals surface area (Å²) in [6, 6.07) is 11.5. The van der Waals surface area contributed by atoms with Gasteiger partial charge in [-0.3, -0.25) is 4.79 Å². The second-order valence-corrected chi connectivity index (χ2v) is 6.84. The summed E-state index contributed by atoms with van der Waals surface area (Å²) in [4.78, 5) is 12.3. The number of nitrogens with one attached hydrogen (secondary N) is 1. The SMILES string of the molecule is Cc1occc1-c1nnc(SC(C)C(=O)NCc2ccccc2)n1N. The molecule has 0 aliphatic heterocycles. The number of nitrogens with two attached hydrogens (primary N) is 1. The van der Waals surface area contributed by atoms with Crippen molar-refractivity contribution in [3.05, 3.63) is 54.0 Å². The molecule has 130 valence electrons. The highest BCUT2D eigenvalue weighted by Gasteiger charge is 2.21. The lowest BCUT2D eigenvalue weighted by Crippen LogP contribution is -2.30. The first-order chi connectivity index (χ1) is 12.1. The van der Waals surface area contributed by atoms with Crippen molar-refractivity contribution in [3.63, 3.8) is 0 Å². The van der Waals surface area contributed by atoms with E-state index >= 15 is 0 Å². The zero-order valence-corrected chi connectivity index (χ0v) is 14.8. The molecule has 8 heteroatoms. The number of aryl methyl sites for hydroxylation is 1. The largest absolute Gasteiger partial charge is 0.469 e. The Morgan fingerprint density at radius 1 is 1.32 bits per heavy atom. The minimum Gasteiger partial charge on any atom is -0.469 e. The average molecular weight is 357 g/mol. The van der Waals surface area contributed by atoms with Gasteiger partial charge in [-0.15, -0.1) is 10.2 Å². The summed E-state index contributed by atoms with van der Waals surface area (Å²) >= 11 is 1.26. The van der Waals surface area contributed by atoms with Crippen molar-refractivity contribution in [2.75, 3.05) is 5.84 Å². The number of hydrogen-bond acceptors (Lipinski definition) is 6. The normalized spacial score (nSPS) is 12.1. The topological polar surface area (TPSA) is 99.0 Å². The van der Waals surface area contributed by atoms with Gasteiger partial charge in [0, 0.05) is 6.54 Å². The van der Waals surface area contributed by atoms with Crippen LogP contribution in [0.15, 0.2) is 52.2 Å². The highest BCUT2D eigenvalue weighted by atomic mass is 32.2. The number of furan rings is 1. The summed E-state index contributed by atoms with van der Waals surface area (Å²) in [5.74, 6) is 7.21. The number of benzene rings is 1. The van der Waals surface area contributed by atoms with E-state index in [9.17, 15) is 4.79 Å². The highest BCUT2D eigenvalue weighted by Crippen LogP contribution is 2.27. The third-order valence-corrected chi connectivity index (χ3v) is 4.78. The van der Waals surface area contributed by atoms with Crippen molar-refractivity contribution in [1.82, 2.24) is 20.2 Å². The maximum atomic E-state index is 12.3. The molecule has 0 radical (unpaired) electrons. The average Bonchev–Trinajstić information content (AvgIpc) is 3.19. The molecule has 2 heterocycles. The Balaban J connectivity index is 1.63. The Hall–Kier alpha value is -2.74. The summed E-state index contributed by atoms with van der Waals surface area (Å²) in [6.45, 7) is 4.12. The van der Waals surface area contributed by atoms with E-state index in [0.717, 1.165) is 11.1 Å². The Bertz CT molecular complexity index is 859. The van der Waals surface area contributed by atoms with Crippen molar-refractivity contribution < 1.29 is 9.21 Å². The molecule has 0 aliphatic rings. The van der Waals surface area contributed by atoms with Crippen LogP contribution in [0.5, 0.6) is 0 Å². The predicted octanol–water partition coefficient (Wildman–Crippen LogP) is 2.36. The van der Waals surface area contributed by atoms with Gasteiger partial charge < -0.3 is 15.6 Å². The lowest BCUT2D eigenvalue weighted by Gasteiger charge is -2.11. The molecule has 0 bridgehead atoms. The van der Waals surface area contributed by atoms with Crippen molar-refractivity contribution in [3.8, 4) is 11.4 Å². The molecule has 3 N–H and O–H groups in total. The number of carbonyl (C=O) groups is 1. The smallest absolute Gasteiger partial charge is 0.233 e. The number of rotatable bonds is 6. The Morgan fingerprint density at radius 3 is 2.76 bits per heavy atom. The fourth-order valence-electron chi connectivity index (χ4n) is 2.30. The molecule has 25 heavy (non-hydrogen) atoms. The van der Waals surface area contributed by atoms with Crippen LogP contribution in [0.3, 0.4) is 0 Å². The molecule has 3 rings (SSSR count). The first kappa shape index (κ1) is 17.1. The zero-order chi connectivity index (χ0) is 17.8. The molecular formula is C17H19N5O2S. The third-order valence-electron chi connectivity index (χ3n) is 3.73. The monoisotopic (exact) mass is 357 g/mol. The predicted molar refractivity (Wildman–Crippen MR) is 96.2 cm³/mol. The van der Waals surface area contributed by atoms with E-state index in [4.69, 9.17) is 10.3 Å². The van der Waals surface area contributed by atoms with E-state index in [1.165, 1.54) is 16.4 Å². The molecular weight excluding hydrogens is 338 g/mol. The molecule has 0 spiro atoms. The van der Waals surface area contributed by atoms with Crippen LogP contribution in [-0.4, -0.2) is 26.0 Å². The minimum atomic E-state index is -0.353. The van der Waals surface area contributed by atoms with Crippen molar-refractivity contribution in [2.45, 2.75) is 30.8 Å². The van der Waals surface area contributed by atoms with Crippen molar-refractivity contribution in [2.24, 2.45) is 0 Å². The maximum Gasteiger partial charge on any atom is 0.233 e. The number of amides is 1. The van der Waals surface area contributed by atoms with E-state index in [1.54, 1.807) is 12.3 Å². The van der Waals surface area contributed by atoms with Crippen LogP contribution >= 0.6 is 11.8 Å². The van der Waals surface area contributed by atoms with Crippen molar-refractivity contribution >= 4 is 17.7 Å². The van der Waals surface area contributed by atoms with Gasteiger partial charge >= 0.3 is 0 Å². The summed E-state index contributed by atoms with van der Waals surface area (Å²) in [5.41, 5.74) is 1.83. The quantitative estimate of drug-likeness (QED) is 0.519. The van der Waals surface area contributed by atoms with Crippen LogP contribution in [0.4, 0.5) is 0 Å². The Labute approximate surface area is 149 Å². The van der Waals surface area contributed by atoms with Gasteiger partial charge in [0.25, 0.3) is 0 Å². The summed E-state index contributed by atoms with van der Waals surface area (Å²) < 4.78 is 6.65. The number of nitrogen functional groups attached to an aromatic ring is 1. The molecule has 7 nitrogen and oxygen atoms in total. The number of thioether (sulfide) groups is 1. The number of nitrogens with zero attached hydrogens (tertiary/aromatic N) is 3. The molecule has 0 aliphatic carbocycles. The molecule has 3 aromatic rings. The zero-order valence-electron chi connectivity index (χ0n) is 14.0. The number of hydrogen-bond donors (Lipinski definition) is 2. The maximum absolute atomic E-state index is 12.3. The van der Waals surface area contributed by atoms with Gasteiger partial charge in [0.1, 0.15) is 5.76 Å². The van der Waals surface area contributed by atoms with Gasteiger partial charge in [0.15, 0.2) is 5.82 Å². The third kappa shape index (κ3) is 3.85. The lowest BCUT2D eigenvalue weighted by atomic mass is 10.2. The van der Waals surface area contributed by atoms with Gasteiger partial charge in [-0.05, 0) is 25.5 Å². The molecule has 1 aromatic carbocycles.